The topological polar surface area (TPSA) is 12.0 Å². The second kappa shape index (κ2) is 4.20. The summed E-state index contributed by atoms with van der Waals surface area (Å²) in [7, 11) is 0. The number of nitrogens with one attached hydrogen (secondary N) is 1. The molecule has 0 unspecified atom stereocenters. The fourth-order valence-electron chi connectivity index (χ4n) is 1.03. The molecular weight excluding hydrogens is 182 g/mol. The fourth-order valence-corrected chi connectivity index (χ4v) is 1.27. The van der Waals surface area contributed by atoms with Gasteiger partial charge in [-0.25, -0.2) is 0 Å². The first kappa shape index (κ1) is 9.95. The highest BCUT2D eigenvalue weighted by Gasteiger charge is 2.12. The van der Waals surface area contributed by atoms with Gasteiger partial charge in [-0.3, -0.25) is 0 Å². The van der Waals surface area contributed by atoms with Crippen LogP contribution in [0.3, 0.4) is 0 Å². The van der Waals surface area contributed by atoms with E-state index in [0.717, 1.165) is 5.69 Å². The molecule has 0 aliphatic rings. The molecule has 0 bridgehead atoms. The van der Waals surface area contributed by atoms with E-state index in [0.29, 0.717) is 0 Å². The number of hydrogen-bond acceptors (Lipinski definition) is 1. The maximum Gasteiger partial charge on any atom is 0.0942 e. The quantitative estimate of drug-likeness (QED) is 0.712. The molecule has 1 N–H and O–H groups in total. The molecule has 0 heterocycles. The fraction of sp³-hybridized carbons (Fsp3) is 0.273. The molecule has 0 aromatic heterocycles. The van der Waals surface area contributed by atoms with E-state index in [1.807, 2.05) is 44.2 Å². The van der Waals surface area contributed by atoms with Gasteiger partial charge in [-0.2, -0.15) is 0 Å². The van der Waals surface area contributed by atoms with Crippen LogP contribution in [0.1, 0.15) is 13.8 Å². The molecule has 1 nitrogen and oxygen atoms in total. The summed E-state index contributed by atoms with van der Waals surface area (Å²) in [5.41, 5.74) is 0.759. The van der Waals surface area contributed by atoms with Gasteiger partial charge in [-0.1, -0.05) is 24.1 Å². The van der Waals surface area contributed by atoms with E-state index in [9.17, 15) is 0 Å². The minimum Gasteiger partial charge on any atom is -0.369 e. The molecule has 2 heteroatoms. The van der Waals surface area contributed by atoms with E-state index < -0.39 is 0 Å². The lowest BCUT2D eigenvalue weighted by Gasteiger charge is -2.20. The lowest BCUT2D eigenvalue weighted by atomic mass is 10.1. The Morgan fingerprint density at radius 3 is 2.38 bits per heavy atom. The lowest BCUT2D eigenvalue weighted by molar-refractivity contribution is 0.741. The maximum absolute atomic E-state index is 5.35. The van der Waals surface area contributed by atoms with Crippen LogP contribution >= 0.6 is 11.6 Å². The van der Waals surface area contributed by atoms with Gasteiger partial charge in [-0.15, -0.1) is 0 Å². The summed E-state index contributed by atoms with van der Waals surface area (Å²) in [5, 5.41) is 5.65. The second-order valence-corrected chi connectivity index (χ2v) is 3.52. The summed E-state index contributed by atoms with van der Waals surface area (Å²) in [6, 6.07) is 9.93. The third-order valence-corrected chi connectivity index (χ3v) is 1.68. The molecular formula is C11H12ClN. The predicted octanol–water partition coefficient (Wildman–Crippen LogP) is 3.08. The van der Waals surface area contributed by atoms with Gasteiger partial charge in [0.15, 0.2) is 0 Å². The van der Waals surface area contributed by atoms with Crippen molar-refractivity contribution in [2.45, 2.75) is 19.4 Å². The summed E-state index contributed by atoms with van der Waals surface area (Å²) in [5.74, 6) is 2.87. The molecule has 0 amide bonds. The highest BCUT2D eigenvalue weighted by atomic mass is 35.5. The number of para-hydroxylation sites is 1. The van der Waals surface area contributed by atoms with Gasteiger partial charge >= 0.3 is 0 Å². The minimum atomic E-state index is -0.289. The van der Waals surface area contributed by atoms with Crippen molar-refractivity contribution in [3.8, 4) is 11.3 Å². The first-order chi connectivity index (χ1) is 6.14. The molecule has 0 atom stereocenters. The SMILES string of the molecule is CC(C)(C#CCl)Nc1ccccc1. The van der Waals surface area contributed by atoms with Gasteiger partial charge < -0.3 is 5.32 Å². The number of halogens is 1. The highest BCUT2D eigenvalue weighted by Crippen LogP contribution is 2.13. The van der Waals surface area contributed by atoms with Crippen molar-refractivity contribution in [1.82, 2.24) is 0 Å². The molecule has 0 radical (unpaired) electrons. The molecule has 0 saturated heterocycles. The Hall–Kier alpha value is -1.13. The van der Waals surface area contributed by atoms with Crippen LogP contribution in [0.25, 0.3) is 0 Å². The molecule has 0 fully saturated rings. The molecule has 0 aliphatic carbocycles. The van der Waals surface area contributed by atoms with Gasteiger partial charge in [0.2, 0.25) is 0 Å². The van der Waals surface area contributed by atoms with Gasteiger partial charge in [0.05, 0.1) is 5.54 Å². The van der Waals surface area contributed by atoms with Crippen molar-refractivity contribution in [1.29, 1.82) is 0 Å². The van der Waals surface area contributed by atoms with Crippen LogP contribution < -0.4 is 5.32 Å². The first-order valence-corrected chi connectivity index (χ1v) is 4.48. The smallest absolute Gasteiger partial charge is 0.0942 e. The van der Waals surface area contributed by atoms with Crippen LogP contribution in [0.15, 0.2) is 30.3 Å². The van der Waals surface area contributed by atoms with Crippen molar-refractivity contribution in [2.24, 2.45) is 0 Å². The molecule has 1 aromatic carbocycles. The van der Waals surface area contributed by atoms with Crippen molar-refractivity contribution < 1.29 is 0 Å². The normalized spacial score (nSPS) is 10.1. The minimum absolute atomic E-state index is 0.289. The summed E-state index contributed by atoms with van der Waals surface area (Å²) < 4.78 is 0. The van der Waals surface area contributed by atoms with Crippen LogP contribution in [-0.4, -0.2) is 5.54 Å². The van der Waals surface area contributed by atoms with Crippen molar-refractivity contribution in [2.75, 3.05) is 5.32 Å². The number of anilines is 1. The Balaban J connectivity index is 2.73. The van der Waals surface area contributed by atoms with E-state index in [-0.39, 0.29) is 5.54 Å². The van der Waals surface area contributed by atoms with E-state index >= 15 is 0 Å². The molecule has 0 aliphatic heterocycles. The number of hydrogen-bond donors (Lipinski definition) is 1. The number of rotatable bonds is 2. The van der Waals surface area contributed by atoms with Crippen molar-refractivity contribution >= 4 is 17.3 Å². The Morgan fingerprint density at radius 1 is 1.23 bits per heavy atom. The number of benzene rings is 1. The third-order valence-electron chi connectivity index (χ3n) is 1.59. The molecule has 1 aromatic rings. The highest BCUT2D eigenvalue weighted by molar-refractivity contribution is 6.30. The maximum atomic E-state index is 5.35. The average molecular weight is 194 g/mol. The van der Waals surface area contributed by atoms with E-state index in [1.54, 1.807) is 0 Å². The Morgan fingerprint density at radius 2 is 1.85 bits per heavy atom. The predicted molar refractivity (Wildman–Crippen MR) is 57.8 cm³/mol. The third kappa shape index (κ3) is 3.40. The first-order valence-electron chi connectivity index (χ1n) is 4.10. The van der Waals surface area contributed by atoms with Crippen LogP contribution in [-0.2, 0) is 0 Å². The van der Waals surface area contributed by atoms with Gasteiger partial charge in [0.1, 0.15) is 0 Å². The van der Waals surface area contributed by atoms with E-state index in [4.69, 9.17) is 11.6 Å². The molecule has 68 valence electrons. The van der Waals surface area contributed by atoms with Crippen LogP contribution in [0.5, 0.6) is 0 Å². The zero-order chi connectivity index (χ0) is 9.73. The van der Waals surface area contributed by atoms with Crippen LogP contribution in [0.4, 0.5) is 5.69 Å². The largest absolute Gasteiger partial charge is 0.369 e. The average Bonchev–Trinajstić information content (AvgIpc) is 2.04. The van der Waals surface area contributed by atoms with Crippen molar-refractivity contribution in [3.63, 3.8) is 0 Å². The molecule has 0 saturated carbocycles. The standard InChI is InChI=1S/C11H12ClN/c1-11(2,8-9-12)13-10-6-4-3-5-7-10/h3-7,13H,1-2H3. The summed E-state index contributed by atoms with van der Waals surface area (Å²) in [4.78, 5) is 0. The zero-order valence-electron chi connectivity index (χ0n) is 7.76. The Labute approximate surface area is 84.1 Å². The second-order valence-electron chi connectivity index (χ2n) is 3.34. The molecule has 1 rings (SSSR count). The van der Waals surface area contributed by atoms with Crippen LogP contribution in [0.2, 0.25) is 0 Å². The molecule has 0 spiro atoms. The summed E-state index contributed by atoms with van der Waals surface area (Å²) in [6.45, 7) is 3.96. The van der Waals surface area contributed by atoms with Crippen molar-refractivity contribution in [3.05, 3.63) is 30.3 Å². The van der Waals surface area contributed by atoms with E-state index in [2.05, 4.69) is 16.6 Å². The Kier molecular flexibility index (Phi) is 3.22. The monoisotopic (exact) mass is 193 g/mol. The lowest BCUT2D eigenvalue weighted by Crippen LogP contribution is -2.28. The van der Waals surface area contributed by atoms with Gasteiger partial charge in [-0.05, 0) is 37.6 Å². The summed E-state index contributed by atoms with van der Waals surface area (Å²) >= 11 is 5.35. The van der Waals surface area contributed by atoms with Gasteiger partial charge in [0, 0.05) is 11.1 Å². The van der Waals surface area contributed by atoms with E-state index in [1.165, 1.54) is 0 Å². The molecule has 13 heavy (non-hydrogen) atoms. The van der Waals surface area contributed by atoms with Gasteiger partial charge in [0.25, 0.3) is 0 Å². The Bertz CT molecular complexity index is 319. The summed E-state index contributed by atoms with van der Waals surface area (Å²) in [6.07, 6.45) is 0. The van der Waals surface area contributed by atoms with Crippen LogP contribution in [0, 0.1) is 11.3 Å². The zero-order valence-corrected chi connectivity index (χ0v) is 8.52.